The second-order valence-corrected chi connectivity index (χ2v) is 19.3. The van der Waals surface area contributed by atoms with Crippen molar-refractivity contribution in [3.05, 3.63) is 305 Å². The molecule has 0 fully saturated rings. The minimum Gasteiger partial charge on any atom is -0.0616 e. The molecule has 0 radical (unpaired) electrons. The zero-order valence-electron chi connectivity index (χ0n) is 39.4. The van der Waals surface area contributed by atoms with Crippen LogP contribution in [-0.2, 0) is 0 Å². The summed E-state index contributed by atoms with van der Waals surface area (Å²) < 4.78 is 0. The molecule has 332 valence electrons. The Morgan fingerprint density at radius 3 is 0.403 bits per heavy atom. The van der Waals surface area contributed by atoms with Crippen LogP contribution < -0.4 is 20.9 Å². The van der Waals surface area contributed by atoms with Gasteiger partial charge in [0, 0.05) is 0 Å². The van der Waals surface area contributed by atoms with Crippen LogP contribution in [0, 0.1) is 41.7 Å². The number of hydrogen-bond acceptors (Lipinski definition) is 0. The topological polar surface area (TPSA) is 0 Å². The van der Waals surface area contributed by atoms with Crippen LogP contribution in [0.15, 0.2) is 243 Å². The molecule has 14 aromatic carbocycles. The summed E-state index contributed by atoms with van der Waals surface area (Å²) in [5.41, 5.74) is 0. The van der Waals surface area contributed by atoms with E-state index in [0.29, 0.717) is 0 Å². The molecule has 1 aliphatic rings. The van der Waals surface area contributed by atoms with Crippen LogP contribution in [0.2, 0.25) is 0 Å². The highest BCUT2D eigenvalue weighted by Crippen LogP contribution is 2.29. The molecule has 72 heavy (non-hydrogen) atoms. The predicted octanol–water partition coefficient (Wildman–Crippen LogP) is 14.9. The summed E-state index contributed by atoms with van der Waals surface area (Å²) in [6, 6.07) is 90.6. The van der Waals surface area contributed by atoms with Crippen molar-refractivity contribution >= 4 is 110 Å². The van der Waals surface area contributed by atoms with Gasteiger partial charge in [-0.3, -0.25) is 0 Å². The molecule has 0 N–H and O–H groups in total. The van der Waals surface area contributed by atoms with E-state index >= 15 is 0 Å². The summed E-state index contributed by atoms with van der Waals surface area (Å²) in [6.07, 6.45) is 9.59. The molecule has 0 nitrogen and oxygen atoms in total. The van der Waals surface area contributed by atoms with Gasteiger partial charge in [0.05, 0.1) is 0 Å². The van der Waals surface area contributed by atoms with Gasteiger partial charge in [-0.2, -0.15) is 0 Å². The zero-order valence-corrected chi connectivity index (χ0v) is 39.4. The van der Waals surface area contributed by atoms with Crippen LogP contribution in [-0.4, -0.2) is 0 Å². The van der Waals surface area contributed by atoms with Crippen molar-refractivity contribution in [1.29, 1.82) is 0 Å². The quantitative estimate of drug-likeness (QED) is 0.133. The molecule has 15 rings (SSSR count). The smallest absolute Gasteiger partial charge is 0.00201 e. The Bertz CT molecular complexity index is 4470. The van der Waals surface area contributed by atoms with Gasteiger partial charge in [-0.15, -0.1) is 0 Å². The summed E-state index contributed by atoms with van der Waals surface area (Å²) in [7, 11) is 0. The summed E-state index contributed by atoms with van der Waals surface area (Å²) in [5.74, 6) is 0. The molecule has 0 atom stereocenters. The van der Waals surface area contributed by atoms with Crippen LogP contribution in [0.3, 0.4) is 0 Å². The summed E-state index contributed by atoms with van der Waals surface area (Å²) >= 11 is 0. The molecule has 0 heteroatoms. The first kappa shape index (κ1) is 40.5. The van der Waals surface area contributed by atoms with Gasteiger partial charge in [0.15, 0.2) is 0 Å². The second-order valence-electron chi connectivity index (χ2n) is 19.3. The largest absolute Gasteiger partial charge is 0.0616 e. The Hall–Kier alpha value is -9.36. The Kier molecular flexibility index (Phi) is 9.06. The second kappa shape index (κ2) is 16.1. The SMILES string of the molecule is C1=c2c3ccccc3c(c3ccccc23)=c2ccccc2=c2c3ccccc3c(c3ccccc23)=CC=c2c3ccccc3c(c3ccccc23)=c2ccccc2=c2c3ccccc3c(c3ccccc23)=C1. The van der Waals surface area contributed by atoms with E-state index in [1.807, 2.05) is 0 Å². The average molecular weight is 909 g/mol. The van der Waals surface area contributed by atoms with E-state index in [-0.39, 0.29) is 0 Å². The van der Waals surface area contributed by atoms with Crippen molar-refractivity contribution < 1.29 is 0 Å². The van der Waals surface area contributed by atoms with Gasteiger partial charge < -0.3 is 0 Å². The number of rotatable bonds is 0. The summed E-state index contributed by atoms with van der Waals surface area (Å²) in [5, 5.41) is 34.5. The first-order chi connectivity index (χ1) is 35.8. The molecule has 8 bridgehead atoms. The molecule has 0 saturated carbocycles. The van der Waals surface area contributed by atoms with Crippen molar-refractivity contribution in [3.8, 4) is 0 Å². The van der Waals surface area contributed by atoms with Gasteiger partial charge in [0.25, 0.3) is 0 Å². The molecule has 0 spiro atoms. The zero-order chi connectivity index (χ0) is 47.3. The maximum atomic E-state index is 2.40. The molecule has 0 amide bonds. The van der Waals surface area contributed by atoms with Gasteiger partial charge in [-0.25, -0.2) is 0 Å². The van der Waals surface area contributed by atoms with Crippen LogP contribution in [0.4, 0.5) is 0 Å². The molecule has 0 heterocycles. The first-order valence-electron chi connectivity index (χ1n) is 25.1. The first-order valence-corrected chi connectivity index (χ1v) is 25.1. The summed E-state index contributed by atoms with van der Waals surface area (Å²) in [4.78, 5) is 0. The maximum Gasteiger partial charge on any atom is -0.00201 e. The third-order valence-electron chi connectivity index (χ3n) is 15.7. The lowest BCUT2D eigenvalue weighted by Crippen LogP contribution is -2.09. The normalized spacial score (nSPS) is 12.3. The fraction of sp³-hybridized carbons (Fsp3) is 0. The molecule has 1 aliphatic carbocycles. The number of fused-ring (bicyclic) bond motifs is 14. The molecular weight excluding hydrogens is 865 g/mol. The fourth-order valence-corrected chi connectivity index (χ4v) is 12.7. The average Bonchev–Trinajstić information content (AvgIpc) is 3.44. The number of benzene rings is 14. The van der Waals surface area contributed by atoms with Crippen LogP contribution in [0.5, 0.6) is 0 Å². The van der Waals surface area contributed by atoms with E-state index in [9.17, 15) is 0 Å². The fourth-order valence-electron chi connectivity index (χ4n) is 12.7. The third-order valence-corrected chi connectivity index (χ3v) is 15.7. The van der Waals surface area contributed by atoms with E-state index < -0.39 is 0 Å². The molecule has 14 aromatic rings. The minimum atomic E-state index is 1.22. The Labute approximate surface area is 413 Å². The third kappa shape index (κ3) is 5.93. The van der Waals surface area contributed by atoms with Gasteiger partial charge in [0.2, 0.25) is 0 Å². The van der Waals surface area contributed by atoms with E-state index in [1.165, 1.54) is 149 Å². The van der Waals surface area contributed by atoms with Crippen LogP contribution in [0.1, 0.15) is 0 Å². The van der Waals surface area contributed by atoms with Crippen molar-refractivity contribution in [2.75, 3.05) is 0 Å². The van der Waals surface area contributed by atoms with Crippen molar-refractivity contribution in [2.45, 2.75) is 0 Å². The standard InChI is InChI=1S/C72H44/c1-9-29-57-45(21-1)53-41-42-54-47-23-3-11-31-59(47)71(60-32-12-4-24-48(54)60)67-39-19-20-40-68(67)72-63-35-15-7-27-51(63)56(52-28-8-16-36-64(52)72)44-43-55-49-25-5-13-33-61(49)70(62-34-14-6-26-50(55)62)66-38-18-17-37-65(66)69(57)58-30-10-2-22-46(53)58/h1-44H. The van der Waals surface area contributed by atoms with Crippen molar-refractivity contribution in [3.63, 3.8) is 0 Å². The van der Waals surface area contributed by atoms with Gasteiger partial charge in [0.1, 0.15) is 0 Å². The van der Waals surface area contributed by atoms with Gasteiger partial charge >= 0.3 is 0 Å². The van der Waals surface area contributed by atoms with Crippen molar-refractivity contribution in [2.24, 2.45) is 0 Å². The Balaban J connectivity index is 1.33. The van der Waals surface area contributed by atoms with E-state index in [2.05, 4.69) is 267 Å². The predicted molar refractivity (Wildman–Crippen MR) is 306 cm³/mol. The highest BCUT2D eigenvalue weighted by Gasteiger charge is 2.13. The minimum absolute atomic E-state index is 1.22. The molecular formula is C72H44. The van der Waals surface area contributed by atoms with E-state index in [0.717, 1.165) is 0 Å². The lowest BCUT2D eigenvalue weighted by molar-refractivity contribution is 1.45. The summed E-state index contributed by atoms with van der Waals surface area (Å²) in [6.45, 7) is 0. The molecule has 0 saturated heterocycles. The Morgan fingerprint density at radius 1 is 0.125 bits per heavy atom. The van der Waals surface area contributed by atoms with Gasteiger partial charge in [-0.05, 0) is 149 Å². The van der Waals surface area contributed by atoms with E-state index in [1.54, 1.807) is 0 Å². The lowest BCUT2D eigenvalue weighted by atomic mass is 9.92. The molecule has 0 aromatic heterocycles. The molecule has 0 aliphatic heterocycles. The van der Waals surface area contributed by atoms with E-state index in [4.69, 9.17) is 0 Å². The monoisotopic (exact) mass is 908 g/mol. The highest BCUT2D eigenvalue weighted by atomic mass is 14.2. The van der Waals surface area contributed by atoms with Crippen LogP contribution >= 0.6 is 0 Å². The maximum absolute atomic E-state index is 2.40. The Morgan fingerprint density at radius 2 is 0.250 bits per heavy atom. The lowest BCUT2D eigenvalue weighted by Gasteiger charge is -2.11. The van der Waals surface area contributed by atoms with Gasteiger partial charge in [-0.1, -0.05) is 267 Å². The van der Waals surface area contributed by atoms with Crippen molar-refractivity contribution in [1.82, 2.24) is 0 Å². The molecule has 0 unspecified atom stereocenters. The highest BCUT2D eigenvalue weighted by molar-refractivity contribution is 6.07. The number of hydrogen-bond donors (Lipinski definition) is 0. The van der Waals surface area contributed by atoms with Crippen LogP contribution in [0.25, 0.3) is 110 Å².